The van der Waals surface area contributed by atoms with E-state index in [0.717, 1.165) is 16.1 Å². The van der Waals surface area contributed by atoms with E-state index in [9.17, 15) is 32.5 Å². The molecule has 206 valence electrons. The standard InChI is InChI=1S/C18H24N10O8S2/c19-4-1-8(20)9-5-22-27(25-9)6-11-13(15(30)28(11)38(33,34)35)24-14(29)12(10-7-37-17(21)23-10)26-36-18(2-3-18)16(31)32/h5,7-8,11,13H,1-4,6,19-20H2,(H2,21,23)(H,24,29)(H,31,32)(H,33,34,35)/b26-12-/t8?,11-,13?/m0/s1. The molecule has 1 saturated heterocycles. The molecule has 2 aromatic rings. The lowest BCUT2D eigenvalue weighted by atomic mass is 9.98. The SMILES string of the molecule is NCCC(N)c1cnn(C[C@H]2C(NC(=O)/C(=N\OC3(C(=O)O)CC3)c3csc(N)n3)C(=O)N2S(=O)(=O)O)n1. The van der Waals surface area contributed by atoms with E-state index in [0.29, 0.717) is 18.7 Å². The van der Waals surface area contributed by atoms with Crippen molar-refractivity contribution in [2.75, 3.05) is 12.3 Å². The number of hydrogen-bond donors (Lipinski definition) is 6. The van der Waals surface area contributed by atoms with Crippen molar-refractivity contribution < 1.29 is 37.3 Å². The van der Waals surface area contributed by atoms with Gasteiger partial charge in [-0.15, -0.1) is 11.3 Å². The van der Waals surface area contributed by atoms with Gasteiger partial charge in [0.15, 0.2) is 10.8 Å². The zero-order valence-corrected chi connectivity index (χ0v) is 21.1. The van der Waals surface area contributed by atoms with Crippen LogP contribution in [0.5, 0.6) is 0 Å². The number of anilines is 1. The number of thiazole rings is 1. The number of carbonyl (C=O) groups is 3. The fourth-order valence-electron chi connectivity index (χ4n) is 3.61. The second-order valence-electron chi connectivity index (χ2n) is 8.54. The molecule has 20 heteroatoms. The van der Waals surface area contributed by atoms with Crippen LogP contribution in [0.3, 0.4) is 0 Å². The number of carboxylic acid groups (broad SMARTS) is 1. The van der Waals surface area contributed by atoms with Crippen LogP contribution in [0.4, 0.5) is 5.13 Å². The summed E-state index contributed by atoms with van der Waals surface area (Å²) in [4.78, 5) is 47.3. The summed E-state index contributed by atoms with van der Waals surface area (Å²) in [6, 6.07) is -3.33. The largest absolute Gasteiger partial charge is 0.478 e. The van der Waals surface area contributed by atoms with Crippen molar-refractivity contribution in [2.45, 2.75) is 49.5 Å². The Kier molecular flexibility index (Phi) is 7.34. The van der Waals surface area contributed by atoms with Crippen molar-refractivity contribution >= 4 is 50.3 Å². The number of carboxylic acids is 1. The molecule has 2 amide bonds. The first-order chi connectivity index (χ1) is 17.9. The maximum absolute atomic E-state index is 13.1. The van der Waals surface area contributed by atoms with Crippen LogP contribution in [-0.2, 0) is 36.1 Å². The Morgan fingerprint density at radius 2 is 2.11 bits per heavy atom. The zero-order valence-electron chi connectivity index (χ0n) is 19.5. The van der Waals surface area contributed by atoms with Crippen LogP contribution in [0, 0.1) is 0 Å². The monoisotopic (exact) mass is 572 g/mol. The van der Waals surface area contributed by atoms with Crippen LogP contribution in [-0.4, -0.2) is 90.1 Å². The summed E-state index contributed by atoms with van der Waals surface area (Å²) in [5, 5.41) is 24.9. The fourth-order valence-corrected chi connectivity index (χ4v) is 5.02. The van der Waals surface area contributed by atoms with Crippen molar-refractivity contribution in [3.63, 3.8) is 0 Å². The van der Waals surface area contributed by atoms with Crippen LogP contribution in [0.2, 0.25) is 0 Å². The minimum atomic E-state index is -5.00. The molecule has 3 atom stereocenters. The molecule has 0 aromatic carbocycles. The number of aromatic nitrogens is 4. The van der Waals surface area contributed by atoms with E-state index in [1.54, 1.807) is 0 Å². The predicted molar refractivity (Wildman–Crippen MR) is 128 cm³/mol. The molecule has 1 saturated carbocycles. The number of carbonyl (C=O) groups excluding carboxylic acids is 2. The number of β-lactam (4-membered cyclic amide) rings is 1. The summed E-state index contributed by atoms with van der Waals surface area (Å²) in [5.41, 5.74) is 15.3. The molecule has 2 aliphatic rings. The highest BCUT2D eigenvalue weighted by Crippen LogP contribution is 2.40. The van der Waals surface area contributed by atoms with Crippen LogP contribution in [0.1, 0.15) is 36.7 Å². The molecule has 18 nitrogen and oxygen atoms in total. The van der Waals surface area contributed by atoms with Crippen LogP contribution >= 0.6 is 11.3 Å². The van der Waals surface area contributed by atoms with Crippen molar-refractivity contribution in [3.8, 4) is 0 Å². The maximum Gasteiger partial charge on any atom is 0.362 e. The maximum atomic E-state index is 13.1. The summed E-state index contributed by atoms with van der Waals surface area (Å²) < 4.78 is 33.4. The Balaban J connectivity index is 1.57. The summed E-state index contributed by atoms with van der Waals surface area (Å²) in [7, 11) is -5.00. The lowest BCUT2D eigenvalue weighted by molar-refractivity contribution is -0.153. The van der Waals surface area contributed by atoms with E-state index in [1.807, 2.05) is 0 Å². The topological polar surface area (TPSA) is 284 Å². The first-order valence-corrected chi connectivity index (χ1v) is 13.3. The molecular weight excluding hydrogens is 548 g/mol. The molecule has 38 heavy (non-hydrogen) atoms. The highest BCUT2D eigenvalue weighted by atomic mass is 32.2. The van der Waals surface area contributed by atoms with Gasteiger partial charge < -0.3 is 32.5 Å². The second kappa shape index (κ2) is 10.2. The van der Waals surface area contributed by atoms with Gasteiger partial charge >= 0.3 is 16.3 Å². The Hall–Kier alpha value is -3.72. The van der Waals surface area contributed by atoms with Gasteiger partial charge in [0.05, 0.1) is 24.5 Å². The van der Waals surface area contributed by atoms with Crippen LogP contribution in [0.25, 0.3) is 0 Å². The number of nitrogens with zero attached hydrogens (tertiary/aromatic N) is 6. The minimum Gasteiger partial charge on any atom is -0.478 e. The average molecular weight is 573 g/mol. The second-order valence-corrected chi connectivity index (χ2v) is 10.7. The van der Waals surface area contributed by atoms with E-state index >= 15 is 0 Å². The van der Waals surface area contributed by atoms with E-state index in [2.05, 4.69) is 25.7 Å². The van der Waals surface area contributed by atoms with Gasteiger partial charge in [-0.05, 0) is 13.0 Å². The first-order valence-electron chi connectivity index (χ1n) is 11.0. The summed E-state index contributed by atoms with van der Waals surface area (Å²) in [6.07, 6.45) is 2.09. The smallest absolute Gasteiger partial charge is 0.362 e. The van der Waals surface area contributed by atoms with Crippen molar-refractivity contribution in [1.29, 1.82) is 0 Å². The number of oxime groups is 1. The zero-order chi connectivity index (χ0) is 27.8. The Morgan fingerprint density at radius 1 is 1.39 bits per heavy atom. The van der Waals surface area contributed by atoms with Gasteiger partial charge in [0.2, 0.25) is 5.60 Å². The number of nitrogens with two attached hydrogens (primary N) is 3. The van der Waals surface area contributed by atoms with Gasteiger partial charge in [-0.2, -0.15) is 23.4 Å². The molecule has 0 bridgehead atoms. The number of hydrogen-bond acceptors (Lipinski definition) is 14. The van der Waals surface area contributed by atoms with Crippen molar-refractivity contribution in [3.05, 3.63) is 23.0 Å². The average Bonchev–Trinajstić information content (AvgIpc) is 3.27. The molecule has 4 rings (SSSR count). The van der Waals surface area contributed by atoms with Gasteiger partial charge in [-0.3, -0.25) is 14.1 Å². The van der Waals surface area contributed by atoms with E-state index in [-0.39, 0.29) is 34.5 Å². The molecular formula is C18H24N10O8S2. The highest BCUT2D eigenvalue weighted by molar-refractivity contribution is 7.84. The molecule has 0 spiro atoms. The van der Waals surface area contributed by atoms with Crippen LogP contribution in [0.15, 0.2) is 16.7 Å². The number of rotatable bonds is 12. The van der Waals surface area contributed by atoms with Gasteiger partial charge in [0, 0.05) is 18.2 Å². The number of nitrogen functional groups attached to an aromatic ring is 1. The molecule has 1 aliphatic heterocycles. The van der Waals surface area contributed by atoms with E-state index < -0.39 is 57.5 Å². The Morgan fingerprint density at radius 3 is 2.66 bits per heavy atom. The van der Waals surface area contributed by atoms with Gasteiger partial charge in [-0.25, -0.2) is 14.1 Å². The first kappa shape index (κ1) is 27.3. The third kappa shape index (κ3) is 5.43. The van der Waals surface area contributed by atoms with Crippen molar-refractivity contribution in [1.82, 2.24) is 29.6 Å². The summed E-state index contributed by atoms with van der Waals surface area (Å²) in [5.74, 6) is -3.44. The van der Waals surface area contributed by atoms with Gasteiger partial charge in [0.1, 0.15) is 17.8 Å². The molecule has 2 fully saturated rings. The molecule has 2 aromatic heterocycles. The fraction of sp³-hybridized carbons (Fsp3) is 0.500. The molecule has 1 aliphatic carbocycles. The predicted octanol–water partition coefficient (Wildman–Crippen LogP) is -2.80. The van der Waals surface area contributed by atoms with E-state index in [4.69, 9.17) is 22.0 Å². The van der Waals surface area contributed by atoms with Gasteiger partial charge in [-0.1, -0.05) is 5.16 Å². The Bertz CT molecular complexity index is 1380. The van der Waals surface area contributed by atoms with Crippen LogP contribution < -0.4 is 22.5 Å². The van der Waals surface area contributed by atoms with E-state index in [1.165, 1.54) is 11.6 Å². The molecule has 9 N–H and O–H groups in total. The normalized spacial score (nSPS) is 21.5. The third-order valence-electron chi connectivity index (χ3n) is 5.85. The molecule has 2 unspecified atom stereocenters. The Labute approximate surface area is 218 Å². The van der Waals surface area contributed by atoms with Gasteiger partial charge in [0.25, 0.3) is 11.8 Å². The summed E-state index contributed by atoms with van der Waals surface area (Å²) in [6.45, 7) is -0.0534. The van der Waals surface area contributed by atoms with Crippen molar-refractivity contribution in [2.24, 2.45) is 16.6 Å². The minimum absolute atomic E-state index is 0.0616. The quantitative estimate of drug-likeness (QED) is 0.0648. The molecule has 3 heterocycles. The lowest BCUT2D eigenvalue weighted by Gasteiger charge is -2.43. The molecule has 0 radical (unpaired) electrons. The lowest BCUT2D eigenvalue weighted by Crippen LogP contribution is -2.73. The number of aliphatic carboxylic acids is 1. The third-order valence-corrected chi connectivity index (χ3v) is 7.47. The number of amides is 2. The summed E-state index contributed by atoms with van der Waals surface area (Å²) >= 11 is 0.967. The highest BCUT2D eigenvalue weighted by Gasteiger charge is 2.56. The number of nitrogens with one attached hydrogen (secondary N) is 1.